The molecule has 0 aliphatic heterocycles. The van der Waals surface area contributed by atoms with Gasteiger partial charge in [0.2, 0.25) is 0 Å². The van der Waals surface area contributed by atoms with Crippen molar-refractivity contribution in [2.75, 3.05) is 45.3 Å². The molecule has 2 amide bonds. The smallest absolute Gasteiger partial charge is 0.333 e. The first-order chi connectivity index (χ1) is 20.4. The quantitative estimate of drug-likeness (QED) is 0.183. The predicted octanol–water partition coefficient (Wildman–Crippen LogP) is 5.78. The van der Waals surface area contributed by atoms with Gasteiger partial charge in [-0.05, 0) is 67.3 Å². The van der Waals surface area contributed by atoms with Crippen molar-refractivity contribution in [2.45, 2.75) is 38.9 Å². The third kappa shape index (κ3) is 11.0. The van der Waals surface area contributed by atoms with Gasteiger partial charge in [-0.2, -0.15) is 0 Å². The number of anilines is 1. The Morgan fingerprint density at radius 2 is 1.64 bits per heavy atom. The molecule has 1 unspecified atom stereocenters. The predicted molar refractivity (Wildman–Crippen MR) is 158 cm³/mol. The van der Waals surface area contributed by atoms with E-state index in [0.29, 0.717) is 56.5 Å². The van der Waals surface area contributed by atoms with Crippen LogP contribution in [0.15, 0.2) is 72.8 Å². The van der Waals surface area contributed by atoms with Gasteiger partial charge in [0.1, 0.15) is 23.9 Å². The van der Waals surface area contributed by atoms with Crippen molar-refractivity contribution in [1.29, 1.82) is 0 Å². The van der Waals surface area contributed by atoms with Crippen molar-refractivity contribution in [3.63, 3.8) is 0 Å². The van der Waals surface area contributed by atoms with Gasteiger partial charge < -0.3 is 34.3 Å². The molecule has 0 fully saturated rings. The van der Waals surface area contributed by atoms with E-state index in [-0.39, 0.29) is 24.9 Å². The second-order valence-corrected chi connectivity index (χ2v) is 9.48. The molecular formula is C32H39FN2O7. The summed E-state index contributed by atoms with van der Waals surface area (Å²) in [5.41, 5.74) is 2.29. The number of carbonyl (C=O) groups is 2. The van der Waals surface area contributed by atoms with Gasteiger partial charge in [-0.15, -0.1) is 0 Å². The third-order valence-corrected chi connectivity index (χ3v) is 6.40. The minimum absolute atomic E-state index is 0.258. The first kappa shape index (κ1) is 32.4. The van der Waals surface area contributed by atoms with E-state index in [1.807, 2.05) is 24.3 Å². The van der Waals surface area contributed by atoms with Gasteiger partial charge in [-0.1, -0.05) is 36.4 Å². The maximum atomic E-state index is 13.2. The number of aliphatic carboxylic acids is 1. The summed E-state index contributed by atoms with van der Waals surface area (Å²) >= 11 is 0. The molecule has 0 aliphatic rings. The Labute approximate surface area is 246 Å². The van der Waals surface area contributed by atoms with Crippen molar-refractivity contribution in [3.8, 4) is 11.5 Å². The Kier molecular flexibility index (Phi) is 13.6. The Balaban J connectivity index is 1.51. The fourth-order valence-electron chi connectivity index (χ4n) is 4.16. The van der Waals surface area contributed by atoms with E-state index in [1.54, 1.807) is 55.3 Å². The van der Waals surface area contributed by atoms with E-state index < -0.39 is 12.1 Å². The van der Waals surface area contributed by atoms with Crippen molar-refractivity contribution < 1.29 is 38.0 Å². The number of nitrogens with one attached hydrogen (secondary N) is 1. The zero-order valence-corrected chi connectivity index (χ0v) is 24.1. The summed E-state index contributed by atoms with van der Waals surface area (Å²) in [5.74, 6) is -0.104. The summed E-state index contributed by atoms with van der Waals surface area (Å²) in [6.07, 6.45) is 0.808. The van der Waals surface area contributed by atoms with Gasteiger partial charge in [-0.25, -0.2) is 14.0 Å². The van der Waals surface area contributed by atoms with E-state index >= 15 is 0 Å². The first-order valence-electron chi connectivity index (χ1n) is 14.0. The highest BCUT2D eigenvalue weighted by Gasteiger charge is 2.18. The maximum Gasteiger partial charge on any atom is 0.333 e. The number of carbonyl (C=O) groups excluding carboxylic acids is 1. The molecule has 0 heterocycles. The Bertz CT molecular complexity index is 1240. The first-order valence-corrected chi connectivity index (χ1v) is 14.0. The molecule has 0 radical (unpaired) electrons. The summed E-state index contributed by atoms with van der Waals surface area (Å²) in [7, 11) is 1.55. The maximum absolute atomic E-state index is 13.2. The number of hydrogen-bond acceptors (Lipinski definition) is 6. The minimum Gasteiger partial charge on any atom is -0.495 e. The number of methoxy groups -OCH3 is 1. The largest absolute Gasteiger partial charge is 0.495 e. The van der Waals surface area contributed by atoms with E-state index in [2.05, 4.69) is 5.32 Å². The van der Waals surface area contributed by atoms with Gasteiger partial charge in [-0.3, -0.25) is 0 Å². The molecule has 42 heavy (non-hydrogen) atoms. The van der Waals surface area contributed by atoms with Gasteiger partial charge in [0.25, 0.3) is 0 Å². The number of rotatable bonds is 18. The molecule has 0 saturated carbocycles. The number of benzene rings is 3. The minimum atomic E-state index is -0.997. The topological polar surface area (TPSA) is 107 Å². The second kappa shape index (κ2) is 17.6. The van der Waals surface area contributed by atoms with Crippen LogP contribution in [0, 0.1) is 5.82 Å². The third-order valence-electron chi connectivity index (χ3n) is 6.40. The van der Waals surface area contributed by atoms with E-state index in [0.717, 1.165) is 17.5 Å². The molecule has 0 aromatic heterocycles. The Morgan fingerprint density at radius 3 is 2.33 bits per heavy atom. The number of nitrogens with zero attached hydrogens (tertiary/aromatic N) is 1. The van der Waals surface area contributed by atoms with Gasteiger partial charge in [0.05, 0.1) is 25.9 Å². The van der Waals surface area contributed by atoms with Gasteiger partial charge in [0.15, 0.2) is 6.10 Å². The normalized spacial score (nSPS) is 11.5. The molecule has 9 nitrogen and oxygen atoms in total. The number of amides is 2. The molecule has 10 heteroatoms. The molecule has 0 spiro atoms. The van der Waals surface area contributed by atoms with Crippen LogP contribution < -0.4 is 14.8 Å². The molecule has 226 valence electrons. The lowest BCUT2D eigenvalue weighted by Crippen LogP contribution is -2.38. The summed E-state index contributed by atoms with van der Waals surface area (Å²) in [5, 5.41) is 12.2. The number of para-hydroxylation sites is 2. The van der Waals surface area contributed by atoms with Crippen LogP contribution in [0.25, 0.3) is 0 Å². The summed E-state index contributed by atoms with van der Waals surface area (Å²) in [6.45, 7) is 4.07. The fourth-order valence-corrected chi connectivity index (χ4v) is 4.16. The number of carboxylic acids is 1. The van der Waals surface area contributed by atoms with Crippen LogP contribution in [-0.2, 0) is 27.3 Å². The van der Waals surface area contributed by atoms with Crippen LogP contribution in [0.4, 0.5) is 14.9 Å². The van der Waals surface area contributed by atoms with Crippen LogP contribution >= 0.6 is 0 Å². The molecule has 0 bridgehead atoms. The van der Waals surface area contributed by atoms with Crippen molar-refractivity contribution >= 4 is 17.7 Å². The lowest BCUT2D eigenvalue weighted by atomic mass is 10.1. The SMILES string of the molecule is CCOC(Cc1ccc(OCCN(CCCCOCc2ccc(F)cc2)C(=O)Nc2ccccc2OC)cc1)C(=O)O. The standard InChI is InChI=1S/C32H39FN2O7/c1-3-41-30(31(36)37)22-24-12-16-27(17-13-24)42-21-19-35(32(38)34-28-8-4-5-9-29(28)39-2)18-6-7-20-40-23-25-10-14-26(33)15-11-25/h4-5,8-17,30H,3,6-7,18-23H2,1-2H3,(H,34,38)(H,36,37). The molecule has 2 N–H and O–H groups in total. The lowest BCUT2D eigenvalue weighted by Gasteiger charge is -2.24. The summed E-state index contributed by atoms with van der Waals surface area (Å²) in [6, 6.07) is 20.3. The molecular weight excluding hydrogens is 543 g/mol. The van der Waals surface area contributed by atoms with Crippen LogP contribution in [0.3, 0.4) is 0 Å². The highest BCUT2D eigenvalue weighted by atomic mass is 19.1. The number of hydrogen-bond donors (Lipinski definition) is 2. The molecule has 3 aromatic carbocycles. The number of ether oxygens (including phenoxy) is 4. The number of unbranched alkanes of at least 4 members (excludes halogenated alkanes) is 1. The molecule has 0 saturated heterocycles. The van der Waals surface area contributed by atoms with Gasteiger partial charge >= 0.3 is 12.0 Å². The van der Waals surface area contributed by atoms with Crippen molar-refractivity contribution in [2.24, 2.45) is 0 Å². The molecule has 3 aromatic rings. The van der Waals surface area contributed by atoms with Crippen LogP contribution in [0.5, 0.6) is 11.5 Å². The monoisotopic (exact) mass is 582 g/mol. The number of carboxylic acid groups (broad SMARTS) is 1. The summed E-state index contributed by atoms with van der Waals surface area (Å²) in [4.78, 5) is 26.2. The van der Waals surface area contributed by atoms with Crippen molar-refractivity contribution in [1.82, 2.24) is 4.90 Å². The average molecular weight is 583 g/mol. The highest BCUT2D eigenvalue weighted by molar-refractivity contribution is 5.91. The summed E-state index contributed by atoms with van der Waals surface area (Å²) < 4.78 is 35.3. The highest BCUT2D eigenvalue weighted by Crippen LogP contribution is 2.23. The van der Waals surface area contributed by atoms with E-state index in [4.69, 9.17) is 18.9 Å². The zero-order valence-electron chi connectivity index (χ0n) is 24.1. The Hall–Kier alpha value is -4.15. The molecule has 1 atom stereocenters. The molecule has 3 rings (SSSR count). The lowest BCUT2D eigenvalue weighted by molar-refractivity contribution is -0.149. The molecule has 0 aliphatic carbocycles. The van der Waals surface area contributed by atoms with E-state index in [1.165, 1.54) is 12.1 Å². The Morgan fingerprint density at radius 1 is 0.929 bits per heavy atom. The number of urea groups is 1. The van der Waals surface area contributed by atoms with Gasteiger partial charge in [0, 0.05) is 26.2 Å². The van der Waals surface area contributed by atoms with Crippen molar-refractivity contribution in [3.05, 3.63) is 89.7 Å². The van der Waals surface area contributed by atoms with Crippen LogP contribution in [0.1, 0.15) is 30.9 Å². The average Bonchev–Trinajstić information content (AvgIpc) is 2.99. The van der Waals surface area contributed by atoms with Crippen LogP contribution in [-0.4, -0.2) is 68.1 Å². The zero-order chi connectivity index (χ0) is 30.2. The second-order valence-electron chi connectivity index (χ2n) is 9.48. The fraction of sp³-hybridized carbons (Fsp3) is 0.375. The van der Waals surface area contributed by atoms with Crippen LogP contribution in [0.2, 0.25) is 0 Å². The van der Waals surface area contributed by atoms with E-state index in [9.17, 15) is 19.1 Å². The number of halogens is 1.